The SMILES string of the molecule is O=C(O)C(F)(F)F.O=C(O)c1ncncc1F. The summed E-state index contributed by atoms with van der Waals surface area (Å²) in [6, 6.07) is 0. The molecule has 0 unspecified atom stereocenters. The Bertz CT molecular complexity index is 421. The average Bonchev–Trinajstić information content (AvgIpc) is 2.17. The predicted molar refractivity (Wildman–Crippen MR) is 42.6 cm³/mol. The maximum absolute atomic E-state index is 12.3. The first-order valence-electron chi connectivity index (χ1n) is 3.65. The summed E-state index contributed by atoms with van der Waals surface area (Å²) < 4.78 is 44.1. The first kappa shape index (κ1) is 14.7. The molecule has 1 heterocycles. The van der Waals surface area contributed by atoms with Crippen LogP contribution in [0.5, 0.6) is 0 Å². The molecule has 10 heteroatoms. The Morgan fingerprint density at radius 3 is 1.94 bits per heavy atom. The Balaban J connectivity index is 0.000000325. The summed E-state index contributed by atoms with van der Waals surface area (Å²) in [5.41, 5.74) is -0.602. The molecule has 0 radical (unpaired) electrons. The van der Waals surface area contributed by atoms with Gasteiger partial charge in [0, 0.05) is 0 Å². The molecule has 0 atom stereocenters. The van der Waals surface area contributed by atoms with E-state index in [1.165, 1.54) is 0 Å². The molecule has 0 amide bonds. The van der Waals surface area contributed by atoms with E-state index in [9.17, 15) is 22.4 Å². The zero-order valence-corrected chi connectivity index (χ0v) is 7.77. The Morgan fingerprint density at radius 2 is 1.71 bits per heavy atom. The molecule has 1 aromatic heterocycles. The number of rotatable bonds is 1. The fourth-order valence-corrected chi connectivity index (χ4v) is 0.470. The summed E-state index contributed by atoms with van der Waals surface area (Å²) in [4.78, 5) is 25.5. The maximum Gasteiger partial charge on any atom is 0.490 e. The van der Waals surface area contributed by atoms with Crippen molar-refractivity contribution in [1.29, 1.82) is 0 Å². The van der Waals surface area contributed by atoms with E-state index in [2.05, 4.69) is 9.97 Å². The van der Waals surface area contributed by atoms with E-state index in [1.54, 1.807) is 0 Å². The highest BCUT2D eigenvalue weighted by molar-refractivity contribution is 5.85. The van der Waals surface area contributed by atoms with Crippen molar-refractivity contribution in [3.05, 3.63) is 24.0 Å². The molecule has 0 saturated heterocycles. The second-order valence-electron chi connectivity index (χ2n) is 2.33. The fraction of sp³-hybridized carbons (Fsp3) is 0.143. The van der Waals surface area contributed by atoms with Crippen LogP contribution in [0.4, 0.5) is 17.6 Å². The monoisotopic (exact) mass is 256 g/mol. The number of alkyl halides is 3. The van der Waals surface area contributed by atoms with Crippen molar-refractivity contribution < 1.29 is 37.4 Å². The van der Waals surface area contributed by atoms with E-state index in [0.717, 1.165) is 12.5 Å². The first-order chi connectivity index (χ1) is 7.66. The summed E-state index contributed by atoms with van der Waals surface area (Å²) in [5, 5.41) is 15.4. The van der Waals surface area contributed by atoms with E-state index in [1.807, 2.05) is 0 Å². The van der Waals surface area contributed by atoms with E-state index >= 15 is 0 Å². The molecule has 94 valence electrons. The smallest absolute Gasteiger partial charge is 0.476 e. The number of carboxylic acid groups (broad SMARTS) is 2. The van der Waals surface area contributed by atoms with Crippen LogP contribution >= 0.6 is 0 Å². The number of aromatic nitrogens is 2. The number of aromatic carboxylic acids is 1. The van der Waals surface area contributed by atoms with Gasteiger partial charge in [0.1, 0.15) is 6.33 Å². The predicted octanol–water partition coefficient (Wildman–Crippen LogP) is 0.947. The van der Waals surface area contributed by atoms with Crippen LogP contribution in [0.3, 0.4) is 0 Å². The van der Waals surface area contributed by atoms with Gasteiger partial charge in [-0.1, -0.05) is 0 Å². The number of halogens is 4. The number of carbonyl (C=O) groups is 2. The van der Waals surface area contributed by atoms with Crippen molar-refractivity contribution in [2.75, 3.05) is 0 Å². The van der Waals surface area contributed by atoms with E-state index in [-0.39, 0.29) is 0 Å². The molecule has 1 aromatic rings. The van der Waals surface area contributed by atoms with Crippen LogP contribution in [-0.2, 0) is 4.79 Å². The third kappa shape index (κ3) is 5.39. The van der Waals surface area contributed by atoms with Gasteiger partial charge in [-0.05, 0) is 0 Å². The van der Waals surface area contributed by atoms with Gasteiger partial charge in [0.2, 0.25) is 0 Å². The zero-order valence-electron chi connectivity index (χ0n) is 7.77. The van der Waals surface area contributed by atoms with Gasteiger partial charge in [0.05, 0.1) is 6.20 Å². The molecular formula is C7H4F4N2O4. The number of carboxylic acids is 2. The van der Waals surface area contributed by atoms with Crippen molar-refractivity contribution in [2.45, 2.75) is 6.18 Å². The molecule has 2 N–H and O–H groups in total. The van der Waals surface area contributed by atoms with E-state index < -0.39 is 29.6 Å². The van der Waals surface area contributed by atoms with Gasteiger partial charge in [0.25, 0.3) is 0 Å². The van der Waals surface area contributed by atoms with Gasteiger partial charge >= 0.3 is 18.1 Å². The first-order valence-corrected chi connectivity index (χ1v) is 3.65. The number of aliphatic carboxylic acids is 1. The molecule has 0 aliphatic heterocycles. The van der Waals surface area contributed by atoms with Crippen LogP contribution in [0.25, 0.3) is 0 Å². The van der Waals surface area contributed by atoms with Gasteiger partial charge in [-0.3, -0.25) is 0 Å². The molecule has 0 spiro atoms. The average molecular weight is 256 g/mol. The van der Waals surface area contributed by atoms with Crippen molar-refractivity contribution >= 4 is 11.9 Å². The summed E-state index contributed by atoms with van der Waals surface area (Å²) in [6.45, 7) is 0. The van der Waals surface area contributed by atoms with Crippen molar-refractivity contribution in [3.63, 3.8) is 0 Å². The number of nitrogens with zero attached hydrogens (tertiary/aromatic N) is 2. The summed E-state index contributed by atoms with van der Waals surface area (Å²) in [5.74, 6) is -5.07. The highest BCUT2D eigenvalue weighted by Gasteiger charge is 2.38. The van der Waals surface area contributed by atoms with Crippen LogP contribution in [-0.4, -0.2) is 38.3 Å². The van der Waals surface area contributed by atoms with Crippen molar-refractivity contribution in [2.24, 2.45) is 0 Å². The number of hydrogen-bond acceptors (Lipinski definition) is 4. The molecular weight excluding hydrogens is 252 g/mol. The number of hydrogen-bond donors (Lipinski definition) is 2. The topological polar surface area (TPSA) is 100 Å². The lowest BCUT2D eigenvalue weighted by molar-refractivity contribution is -0.192. The lowest BCUT2D eigenvalue weighted by Gasteiger charge is -1.93. The lowest BCUT2D eigenvalue weighted by Crippen LogP contribution is -2.21. The fourth-order valence-electron chi connectivity index (χ4n) is 0.470. The molecule has 1 rings (SSSR count). The summed E-state index contributed by atoms with van der Waals surface area (Å²) in [6.07, 6.45) is -3.30. The van der Waals surface area contributed by atoms with Gasteiger partial charge in [-0.25, -0.2) is 23.9 Å². The highest BCUT2D eigenvalue weighted by Crippen LogP contribution is 2.13. The van der Waals surface area contributed by atoms with Crippen LogP contribution < -0.4 is 0 Å². The second-order valence-corrected chi connectivity index (χ2v) is 2.33. The Morgan fingerprint density at radius 1 is 1.24 bits per heavy atom. The summed E-state index contributed by atoms with van der Waals surface area (Å²) in [7, 11) is 0. The zero-order chi connectivity index (χ0) is 13.6. The third-order valence-corrected chi connectivity index (χ3v) is 1.11. The molecule has 0 fully saturated rings. The Hall–Kier alpha value is -2.26. The molecule has 17 heavy (non-hydrogen) atoms. The lowest BCUT2D eigenvalue weighted by atomic mass is 10.4. The highest BCUT2D eigenvalue weighted by atomic mass is 19.4. The van der Waals surface area contributed by atoms with Gasteiger partial charge in [-0.2, -0.15) is 13.2 Å². The minimum Gasteiger partial charge on any atom is -0.476 e. The minimum atomic E-state index is -5.08. The summed E-state index contributed by atoms with van der Waals surface area (Å²) >= 11 is 0. The largest absolute Gasteiger partial charge is 0.490 e. The van der Waals surface area contributed by atoms with Gasteiger partial charge in [0.15, 0.2) is 11.5 Å². The van der Waals surface area contributed by atoms with Crippen LogP contribution in [0.15, 0.2) is 12.5 Å². The second kappa shape index (κ2) is 5.72. The Labute approximate surface area is 90.5 Å². The van der Waals surface area contributed by atoms with Gasteiger partial charge in [-0.15, -0.1) is 0 Å². The van der Waals surface area contributed by atoms with Crippen LogP contribution in [0.1, 0.15) is 10.5 Å². The molecule has 0 saturated carbocycles. The molecule has 0 aliphatic rings. The van der Waals surface area contributed by atoms with E-state index in [4.69, 9.17) is 15.0 Å². The molecule has 0 aromatic carbocycles. The maximum atomic E-state index is 12.3. The normalized spacial score (nSPS) is 10.1. The standard InChI is InChI=1S/C5H3FN2O2.C2HF3O2/c6-3-1-7-2-8-4(3)5(9)10;3-2(4,5)1(6)7/h1-2H,(H,9,10);(H,6,7). The van der Waals surface area contributed by atoms with Gasteiger partial charge < -0.3 is 10.2 Å². The Kier molecular flexibility index (Phi) is 4.96. The quantitative estimate of drug-likeness (QED) is 0.725. The third-order valence-electron chi connectivity index (χ3n) is 1.11. The van der Waals surface area contributed by atoms with Crippen LogP contribution in [0.2, 0.25) is 0 Å². The molecule has 0 bridgehead atoms. The van der Waals surface area contributed by atoms with E-state index in [0.29, 0.717) is 0 Å². The van der Waals surface area contributed by atoms with Crippen LogP contribution in [0, 0.1) is 5.82 Å². The minimum absolute atomic E-state index is 0.602. The van der Waals surface area contributed by atoms with Crippen molar-refractivity contribution in [1.82, 2.24) is 9.97 Å². The molecule has 0 aliphatic carbocycles. The molecule has 6 nitrogen and oxygen atoms in total. The van der Waals surface area contributed by atoms with Crippen molar-refractivity contribution in [3.8, 4) is 0 Å².